The van der Waals surface area contributed by atoms with Gasteiger partial charge in [0.25, 0.3) is 5.91 Å². The molecule has 1 aromatic carbocycles. The molecule has 0 bridgehead atoms. The van der Waals surface area contributed by atoms with Crippen LogP contribution < -0.4 is 16.4 Å². The summed E-state index contributed by atoms with van der Waals surface area (Å²) in [5.41, 5.74) is 6.35. The highest BCUT2D eigenvalue weighted by atomic mass is 127. The van der Waals surface area contributed by atoms with E-state index in [9.17, 15) is 4.79 Å². The van der Waals surface area contributed by atoms with Crippen molar-refractivity contribution in [2.75, 3.05) is 16.4 Å². The monoisotopic (exact) mass is 436 g/mol. The van der Waals surface area contributed by atoms with Crippen molar-refractivity contribution < 1.29 is 4.79 Å². The molecule has 0 atom stereocenters. The van der Waals surface area contributed by atoms with E-state index in [2.05, 4.69) is 38.2 Å². The van der Waals surface area contributed by atoms with E-state index in [1.54, 1.807) is 12.1 Å². The molecule has 0 aliphatic carbocycles. The average Bonchev–Trinajstić information content (AvgIpc) is 2.72. The molecule has 8 heteroatoms. The van der Waals surface area contributed by atoms with Gasteiger partial charge in [-0.3, -0.25) is 4.79 Å². The molecule has 112 valence electrons. The summed E-state index contributed by atoms with van der Waals surface area (Å²) < 4.78 is 0.997. The molecular weight excluding hydrogens is 423 g/mol. The van der Waals surface area contributed by atoms with Crippen LogP contribution in [0.15, 0.2) is 18.2 Å². The molecule has 2 aromatic rings. The zero-order valence-electron chi connectivity index (χ0n) is 11.4. The summed E-state index contributed by atoms with van der Waals surface area (Å²) in [6.07, 6.45) is 0. The minimum absolute atomic E-state index is 0.210. The Labute approximate surface area is 145 Å². The first-order valence-corrected chi connectivity index (χ1v) is 8.43. The maximum atomic E-state index is 12.3. The summed E-state index contributed by atoms with van der Waals surface area (Å²) in [5, 5.41) is 6.98. The minimum Gasteiger partial charge on any atom is -0.382 e. The van der Waals surface area contributed by atoms with Gasteiger partial charge in [-0.05, 0) is 54.6 Å². The van der Waals surface area contributed by atoms with Gasteiger partial charge >= 0.3 is 0 Å². The molecule has 21 heavy (non-hydrogen) atoms. The Morgan fingerprint density at radius 2 is 2.19 bits per heavy atom. The molecule has 0 aliphatic heterocycles. The lowest BCUT2D eigenvalue weighted by Gasteiger charge is -2.06. The Morgan fingerprint density at radius 3 is 2.81 bits per heavy atom. The molecule has 1 heterocycles. The molecule has 0 spiro atoms. The SMILES string of the molecule is CC(C)Nc1nc(N)c(C(=O)Nc2ccc(I)cc2Cl)s1. The molecule has 0 saturated carbocycles. The maximum Gasteiger partial charge on any atom is 0.269 e. The largest absolute Gasteiger partial charge is 0.382 e. The van der Waals surface area contributed by atoms with Gasteiger partial charge in [-0.25, -0.2) is 4.98 Å². The highest BCUT2D eigenvalue weighted by Crippen LogP contribution is 2.28. The topological polar surface area (TPSA) is 80.0 Å². The number of carbonyl (C=O) groups is 1. The van der Waals surface area contributed by atoms with E-state index >= 15 is 0 Å². The predicted octanol–water partition coefficient (Wildman–Crippen LogP) is 4.06. The zero-order chi connectivity index (χ0) is 15.6. The molecule has 1 aromatic heterocycles. The second-order valence-corrected chi connectivity index (χ2v) is 7.26. The fourth-order valence-electron chi connectivity index (χ4n) is 1.57. The van der Waals surface area contributed by atoms with Gasteiger partial charge in [-0.2, -0.15) is 0 Å². The fraction of sp³-hybridized carbons (Fsp3) is 0.231. The number of benzene rings is 1. The molecule has 5 nitrogen and oxygen atoms in total. The van der Waals surface area contributed by atoms with Gasteiger partial charge in [0.15, 0.2) is 5.13 Å². The summed E-state index contributed by atoms with van der Waals surface area (Å²) in [6.45, 7) is 3.98. The first-order chi connectivity index (χ1) is 9.86. The van der Waals surface area contributed by atoms with E-state index < -0.39 is 0 Å². The number of halogens is 2. The van der Waals surface area contributed by atoms with Crippen molar-refractivity contribution in [2.24, 2.45) is 0 Å². The van der Waals surface area contributed by atoms with Crippen molar-refractivity contribution in [2.45, 2.75) is 19.9 Å². The van der Waals surface area contributed by atoms with Crippen LogP contribution in [0.1, 0.15) is 23.5 Å². The Kier molecular flexibility index (Phi) is 5.28. The summed E-state index contributed by atoms with van der Waals surface area (Å²) in [6, 6.07) is 5.62. The Balaban J connectivity index is 2.18. The summed E-state index contributed by atoms with van der Waals surface area (Å²) in [5.74, 6) is -0.104. The van der Waals surface area contributed by atoms with E-state index in [1.165, 1.54) is 11.3 Å². The zero-order valence-corrected chi connectivity index (χ0v) is 15.1. The number of hydrogen-bond acceptors (Lipinski definition) is 5. The van der Waals surface area contributed by atoms with E-state index in [4.69, 9.17) is 17.3 Å². The van der Waals surface area contributed by atoms with Gasteiger partial charge in [-0.15, -0.1) is 0 Å². The molecule has 0 unspecified atom stereocenters. The van der Waals surface area contributed by atoms with Crippen LogP contribution in [0.25, 0.3) is 0 Å². The van der Waals surface area contributed by atoms with Crippen molar-refractivity contribution in [3.63, 3.8) is 0 Å². The van der Waals surface area contributed by atoms with Gasteiger partial charge in [-0.1, -0.05) is 22.9 Å². The number of thiazole rings is 1. The van der Waals surface area contributed by atoms with Crippen molar-refractivity contribution in [3.8, 4) is 0 Å². The van der Waals surface area contributed by atoms with Crippen LogP contribution in [0.3, 0.4) is 0 Å². The number of nitrogens with two attached hydrogens (primary N) is 1. The third-order valence-electron chi connectivity index (χ3n) is 2.45. The molecule has 0 fully saturated rings. The molecule has 2 rings (SSSR count). The second kappa shape index (κ2) is 6.80. The maximum absolute atomic E-state index is 12.3. The van der Waals surface area contributed by atoms with Crippen LogP contribution in [0.4, 0.5) is 16.6 Å². The van der Waals surface area contributed by atoms with E-state index in [0.717, 1.165) is 3.57 Å². The normalized spacial score (nSPS) is 10.7. The first-order valence-electron chi connectivity index (χ1n) is 6.16. The Hall–Kier alpha value is -1.06. The van der Waals surface area contributed by atoms with Crippen molar-refractivity contribution in [1.82, 2.24) is 4.98 Å². The van der Waals surface area contributed by atoms with Crippen LogP contribution in [-0.2, 0) is 0 Å². The van der Waals surface area contributed by atoms with Crippen LogP contribution >= 0.6 is 45.5 Å². The number of rotatable bonds is 4. The molecule has 0 saturated heterocycles. The van der Waals surface area contributed by atoms with Gasteiger partial charge in [0, 0.05) is 9.61 Å². The van der Waals surface area contributed by atoms with Gasteiger partial charge in [0.1, 0.15) is 10.7 Å². The molecule has 1 amide bonds. The van der Waals surface area contributed by atoms with E-state index in [0.29, 0.717) is 20.7 Å². The van der Waals surface area contributed by atoms with Gasteiger partial charge < -0.3 is 16.4 Å². The molecular formula is C13H14ClIN4OS. The van der Waals surface area contributed by atoms with Gasteiger partial charge in [0.05, 0.1) is 10.7 Å². The first kappa shape index (κ1) is 16.3. The van der Waals surface area contributed by atoms with Crippen LogP contribution in [0.2, 0.25) is 5.02 Å². The lowest BCUT2D eigenvalue weighted by molar-refractivity contribution is 0.103. The smallest absolute Gasteiger partial charge is 0.269 e. The lowest BCUT2D eigenvalue weighted by Crippen LogP contribution is -2.12. The van der Waals surface area contributed by atoms with Crippen LogP contribution in [-0.4, -0.2) is 16.9 Å². The van der Waals surface area contributed by atoms with Crippen molar-refractivity contribution in [3.05, 3.63) is 31.7 Å². The summed E-state index contributed by atoms with van der Waals surface area (Å²) >= 11 is 9.47. The quantitative estimate of drug-likeness (QED) is 0.632. The Morgan fingerprint density at radius 1 is 1.48 bits per heavy atom. The third kappa shape index (κ3) is 4.21. The number of nitrogens with zero attached hydrogens (tertiary/aromatic N) is 1. The highest BCUT2D eigenvalue weighted by molar-refractivity contribution is 14.1. The average molecular weight is 437 g/mol. The van der Waals surface area contributed by atoms with E-state index in [1.807, 2.05) is 19.9 Å². The number of nitrogen functional groups attached to an aromatic ring is 1. The Bertz CT molecular complexity index is 674. The summed E-state index contributed by atoms with van der Waals surface area (Å²) in [7, 11) is 0. The third-order valence-corrected chi connectivity index (χ3v) is 4.44. The number of nitrogens with one attached hydrogen (secondary N) is 2. The number of aromatic nitrogens is 1. The molecule has 4 N–H and O–H groups in total. The van der Waals surface area contributed by atoms with E-state index in [-0.39, 0.29) is 17.8 Å². The molecule has 0 radical (unpaired) electrons. The van der Waals surface area contributed by atoms with Crippen LogP contribution in [0.5, 0.6) is 0 Å². The fourth-order valence-corrected chi connectivity index (χ4v) is 3.40. The number of amides is 1. The lowest BCUT2D eigenvalue weighted by atomic mass is 10.3. The predicted molar refractivity (Wildman–Crippen MR) is 97.4 cm³/mol. The standard InChI is InChI=1S/C13H14ClIN4OS/c1-6(2)17-13-19-11(16)10(21-13)12(20)18-9-4-3-7(15)5-8(9)14/h3-6H,16H2,1-2H3,(H,17,19)(H,18,20). The number of anilines is 3. The summed E-state index contributed by atoms with van der Waals surface area (Å²) in [4.78, 5) is 16.8. The van der Waals surface area contributed by atoms with Crippen molar-refractivity contribution >= 4 is 68.1 Å². The highest BCUT2D eigenvalue weighted by Gasteiger charge is 2.17. The molecule has 0 aliphatic rings. The van der Waals surface area contributed by atoms with Crippen molar-refractivity contribution in [1.29, 1.82) is 0 Å². The van der Waals surface area contributed by atoms with Gasteiger partial charge in [0.2, 0.25) is 0 Å². The number of hydrogen-bond donors (Lipinski definition) is 3. The van der Waals surface area contributed by atoms with Crippen LogP contribution in [0, 0.1) is 3.57 Å². The number of carbonyl (C=O) groups excluding carboxylic acids is 1. The minimum atomic E-state index is -0.315. The second-order valence-electron chi connectivity index (χ2n) is 4.61.